The van der Waals surface area contributed by atoms with Gasteiger partial charge in [-0.05, 0) is 32.4 Å². The van der Waals surface area contributed by atoms with Gasteiger partial charge in [0.1, 0.15) is 0 Å². The third-order valence-corrected chi connectivity index (χ3v) is 5.41. The molecule has 6 heteroatoms. The molecule has 0 aliphatic carbocycles. The number of nitrogens with zero attached hydrogens (tertiary/aromatic N) is 4. The van der Waals surface area contributed by atoms with Gasteiger partial charge in [0.15, 0.2) is 0 Å². The topological polar surface area (TPSA) is 62.5 Å². The molecule has 0 atom stereocenters. The first-order valence-corrected chi connectivity index (χ1v) is 9.98. The van der Waals surface area contributed by atoms with Crippen LogP contribution in [0, 0.1) is 20.8 Å². The number of piperazine rings is 1. The highest BCUT2D eigenvalue weighted by atomic mass is 16.5. The van der Waals surface area contributed by atoms with Gasteiger partial charge in [0.2, 0.25) is 11.7 Å². The Morgan fingerprint density at radius 2 is 1.66 bits per heavy atom. The number of aryl methyl sites for hydroxylation is 3. The fourth-order valence-corrected chi connectivity index (χ4v) is 3.66. The van der Waals surface area contributed by atoms with Gasteiger partial charge in [-0.25, -0.2) is 0 Å². The van der Waals surface area contributed by atoms with Crippen LogP contribution in [0.1, 0.15) is 32.9 Å². The molecular weight excluding hydrogens is 364 g/mol. The van der Waals surface area contributed by atoms with Crippen molar-refractivity contribution >= 4 is 5.91 Å². The van der Waals surface area contributed by atoms with Gasteiger partial charge in [-0.3, -0.25) is 9.69 Å². The zero-order valence-electron chi connectivity index (χ0n) is 17.2. The summed E-state index contributed by atoms with van der Waals surface area (Å²) in [6.07, 6.45) is 0. The Labute approximate surface area is 171 Å². The molecule has 29 heavy (non-hydrogen) atoms. The van der Waals surface area contributed by atoms with Crippen molar-refractivity contribution in [1.82, 2.24) is 19.9 Å². The smallest absolute Gasteiger partial charge is 0.254 e. The third-order valence-electron chi connectivity index (χ3n) is 5.41. The summed E-state index contributed by atoms with van der Waals surface area (Å²) in [5.41, 5.74) is 5.16. The number of aromatic nitrogens is 2. The van der Waals surface area contributed by atoms with Crippen LogP contribution < -0.4 is 0 Å². The van der Waals surface area contributed by atoms with E-state index in [1.54, 1.807) is 0 Å². The minimum absolute atomic E-state index is 0.113. The molecule has 1 fully saturated rings. The van der Waals surface area contributed by atoms with Crippen LogP contribution in [0.3, 0.4) is 0 Å². The zero-order valence-corrected chi connectivity index (χ0v) is 17.2. The average Bonchev–Trinajstić information content (AvgIpc) is 3.17. The number of amides is 1. The molecule has 150 valence electrons. The lowest BCUT2D eigenvalue weighted by molar-refractivity contribution is 0.0614. The molecule has 1 aromatic heterocycles. The van der Waals surface area contributed by atoms with Crippen molar-refractivity contribution in [3.05, 3.63) is 70.6 Å². The van der Waals surface area contributed by atoms with Gasteiger partial charge in [0.05, 0.1) is 6.54 Å². The summed E-state index contributed by atoms with van der Waals surface area (Å²) in [5.74, 6) is 1.33. The minimum atomic E-state index is 0.113. The maximum Gasteiger partial charge on any atom is 0.254 e. The maximum absolute atomic E-state index is 12.8. The first-order valence-electron chi connectivity index (χ1n) is 9.98. The number of benzene rings is 2. The Hall–Kier alpha value is -2.99. The van der Waals surface area contributed by atoms with E-state index in [-0.39, 0.29) is 5.91 Å². The van der Waals surface area contributed by atoms with Gasteiger partial charge in [-0.1, -0.05) is 52.7 Å². The van der Waals surface area contributed by atoms with Crippen LogP contribution in [0.15, 0.2) is 47.0 Å². The van der Waals surface area contributed by atoms with E-state index in [1.807, 2.05) is 55.1 Å². The molecule has 1 aliphatic heterocycles. The third kappa shape index (κ3) is 4.38. The van der Waals surface area contributed by atoms with Gasteiger partial charge in [0, 0.05) is 37.3 Å². The van der Waals surface area contributed by atoms with E-state index in [2.05, 4.69) is 28.0 Å². The lowest BCUT2D eigenvalue weighted by Crippen LogP contribution is -2.48. The van der Waals surface area contributed by atoms with Crippen molar-refractivity contribution < 1.29 is 9.32 Å². The van der Waals surface area contributed by atoms with Crippen LogP contribution in [0.5, 0.6) is 0 Å². The highest BCUT2D eigenvalue weighted by Crippen LogP contribution is 2.18. The van der Waals surface area contributed by atoms with Crippen molar-refractivity contribution in [3.63, 3.8) is 0 Å². The number of carbonyl (C=O) groups is 1. The van der Waals surface area contributed by atoms with Gasteiger partial charge < -0.3 is 9.42 Å². The second-order valence-corrected chi connectivity index (χ2v) is 7.76. The SMILES string of the molecule is Cc1ccc(-c2noc(CN3CCN(C(=O)c4ccc(C)cc4C)CC3)n2)cc1. The van der Waals surface area contributed by atoms with E-state index < -0.39 is 0 Å². The van der Waals surface area contributed by atoms with Crippen LogP contribution >= 0.6 is 0 Å². The van der Waals surface area contributed by atoms with Gasteiger partial charge in [0.25, 0.3) is 5.91 Å². The van der Waals surface area contributed by atoms with Crippen LogP contribution in [-0.4, -0.2) is 52.0 Å². The number of hydrogen-bond donors (Lipinski definition) is 0. The summed E-state index contributed by atoms with van der Waals surface area (Å²) in [7, 11) is 0. The highest BCUT2D eigenvalue weighted by molar-refractivity contribution is 5.95. The van der Waals surface area contributed by atoms with Crippen LogP contribution in [-0.2, 0) is 6.54 Å². The van der Waals surface area contributed by atoms with Crippen molar-refractivity contribution in [1.29, 1.82) is 0 Å². The van der Waals surface area contributed by atoms with E-state index in [9.17, 15) is 4.79 Å². The first-order chi connectivity index (χ1) is 14.0. The van der Waals surface area contributed by atoms with Gasteiger partial charge in [-0.15, -0.1) is 0 Å². The number of carbonyl (C=O) groups excluding carboxylic acids is 1. The molecule has 3 aromatic rings. The molecule has 0 radical (unpaired) electrons. The number of hydrogen-bond acceptors (Lipinski definition) is 5. The fourth-order valence-electron chi connectivity index (χ4n) is 3.66. The molecule has 0 bridgehead atoms. The van der Waals surface area contributed by atoms with E-state index in [0.29, 0.717) is 31.3 Å². The maximum atomic E-state index is 12.8. The molecule has 0 unspecified atom stereocenters. The largest absolute Gasteiger partial charge is 0.338 e. The quantitative estimate of drug-likeness (QED) is 0.681. The summed E-state index contributed by atoms with van der Waals surface area (Å²) in [4.78, 5) is 21.6. The summed E-state index contributed by atoms with van der Waals surface area (Å²) in [6.45, 7) is 9.67. The first kappa shape index (κ1) is 19.3. The van der Waals surface area contributed by atoms with E-state index >= 15 is 0 Å². The summed E-state index contributed by atoms with van der Waals surface area (Å²) >= 11 is 0. The van der Waals surface area contributed by atoms with Crippen LogP contribution in [0.25, 0.3) is 11.4 Å². The standard InChI is InChI=1S/C23H26N4O2/c1-16-4-7-19(8-5-16)22-24-21(29-25-22)15-26-10-12-27(13-11-26)23(28)20-9-6-17(2)14-18(20)3/h4-9,14H,10-13,15H2,1-3H3. The molecule has 0 saturated carbocycles. The van der Waals surface area contributed by atoms with Gasteiger partial charge >= 0.3 is 0 Å². The summed E-state index contributed by atoms with van der Waals surface area (Å²) in [5, 5.41) is 4.10. The molecule has 1 saturated heterocycles. The summed E-state index contributed by atoms with van der Waals surface area (Å²) in [6, 6.07) is 14.1. The molecule has 4 rings (SSSR count). The predicted octanol–water partition coefficient (Wildman–Crippen LogP) is 3.62. The van der Waals surface area contributed by atoms with Crippen LogP contribution in [0.2, 0.25) is 0 Å². The molecule has 1 amide bonds. The van der Waals surface area contributed by atoms with E-state index in [4.69, 9.17) is 4.52 Å². The van der Waals surface area contributed by atoms with Crippen molar-refractivity contribution in [3.8, 4) is 11.4 Å². The Kier molecular flexibility index (Phi) is 5.45. The molecule has 2 heterocycles. The molecule has 1 aliphatic rings. The normalized spacial score (nSPS) is 14.9. The molecule has 0 N–H and O–H groups in total. The number of rotatable bonds is 4. The second-order valence-electron chi connectivity index (χ2n) is 7.76. The Bertz CT molecular complexity index is 1000. The second kappa shape index (κ2) is 8.17. The van der Waals surface area contributed by atoms with Crippen LogP contribution in [0.4, 0.5) is 0 Å². The predicted molar refractivity (Wildman–Crippen MR) is 112 cm³/mol. The lowest BCUT2D eigenvalue weighted by Gasteiger charge is -2.34. The molecular formula is C23H26N4O2. The lowest BCUT2D eigenvalue weighted by atomic mass is 10.0. The fraction of sp³-hybridized carbons (Fsp3) is 0.348. The Morgan fingerprint density at radius 3 is 2.34 bits per heavy atom. The van der Waals surface area contributed by atoms with Crippen molar-refractivity contribution in [2.45, 2.75) is 27.3 Å². The average molecular weight is 390 g/mol. The van der Waals surface area contributed by atoms with Crippen molar-refractivity contribution in [2.24, 2.45) is 0 Å². The van der Waals surface area contributed by atoms with E-state index in [0.717, 1.165) is 29.8 Å². The van der Waals surface area contributed by atoms with Gasteiger partial charge in [-0.2, -0.15) is 4.98 Å². The minimum Gasteiger partial charge on any atom is -0.338 e. The summed E-state index contributed by atoms with van der Waals surface area (Å²) < 4.78 is 5.44. The molecule has 6 nitrogen and oxygen atoms in total. The zero-order chi connectivity index (χ0) is 20.4. The Balaban J connectivity index is 1.34. The van der Waals surface area contributed by atoms with Crippen molar-refractivity contribution in [2.75, 3.05) is 26.2 Å². The molecule has 2 aromatic carbocycles. The monoisotopic (exact) mass is 390 g/mol. The van der Waals surface area contributed by atoms with E-state index in [1.165, 1.54) is 11.1 Å². The Morgan fingerprint density at radius 1 is 0.966 bits per heavy atom. The highest BCUT2D eigenvalue weighted by Gasteiger charge is 2.24. The molecule has 0 spiro atoms.